The second kappa shape index (κ2) is 8.54. The van der Waals surface area contributed by atoms with Gasteiger partial charge in [0.05, 0.1) is 0 Å². The van der Waals surface area contributed by atoms with Crippen LogP contribution in [0.15, 0.2) is 30.3 Å². The van der Waals surface area contributed by atoms with Crippen molar-refractivity contribution in [1.82, 2.24) is 10.2 Å². The number of benzene rings is 1. The topological polar surface area (TPSA) is 32.3 Å². The van der Waals surface area contributed by atoms with Crippen molar-refractivity contribution in [3.63, 3.8) is 0 Å². The highest BCUT2D eigenvalue weighted by molar-refractivity contribution is 5.85. The molecule has 0 bridgehead atoms. The predicted molar refractivity (Wildman–Crippen MR) is 94.6 cm³/mol. The highest BCUT2D eigenvalue weighted by Gasteiger charge is 2.29. The molecule has 1 amide bonds. The van der Waals surface area contributed by atoms with E-state index in [1.807, 2.05) is 25.2 Å². The Balaban J connectivity index is 0.00000242. The smallest absolute Gasteiger partial charge is 0.223 e. The van der Waals surface area contributed by atoms with Gasteiger partial charge in [0.25, 0.3) is 0 Å². The number of amides is 1. The summed E-state index contributed by atoms with van der Waals surface area (Å²) < 4.78 is 0. The lowest BCUT2D eigenvalue weighted by Gasteiger charge is -2.34. The molecule has 1 aromatic carbocycles. The Morgan fingerprint density at radius 3 is 2.36 bits per heavy atom. The first-order valence-corrected chi connectivity index (χ1v) is 8.01. The average Bonchev–Trinajstić information content (AvgIpc) is 2.49. The summed E-state index contributed by atoms with van der Waals surface area (Å²) in [6, 6.07) is 10.3. The molecule has 1 heterocycles. The van der Waals surface area contributed by atoms with E-state index in [4.69, 9.17) is 0 Å². The Morgan fingerprint density at radius 2 is 1.82 bits per heavy atom. The molecule has 0 aromatic heterocycles. The van der Waals surface area contributed by atoms with Crippen LogP contribution in [-0.4, -0.2) is 37.5 Å². The van der Waals surface area contributed by atoms with E-state index in [1.165, 1.54) is 5.56 Å². The highest BCUT2D eigenvalue weighted by Crippen LogP contribution is 2.28. The fourth-order valence-electron chi connectivity index (χ4n) is 3.16. The number of carbonyl (C=O) groups excluding carboxylic acids is 1. The number of nitrogens with one attached hydrogen (secondary N) is 1. The lowest BCUT2D eigenvalue weighted by atomic mass is 9.81. The van der Waals surface area contributed by atoms with E-state index >= 15 is 0 Å². The van der Waals surface area contributed by atoms with Gasteiger partial charge < -0.3 is 10.2 Å². The van der Waals surface area contributed by atoms with Crippen molar-refractivity contribution in [1.29, 1.82) is 0 Å². The molecule has 22 heavy (non-hydrogen) atoms. The van der Waals surface area contributed by atoms with Crippen LogP contribution in [0.1, 0.15) is 38.7 Å². The molecule has 0 saturated carbocycles. The summed E-state index contributed by atoms with van der Waals surface area (Å²) in [6.45, 7) is 7.21. The number of nitrogens with zero attached hydrogens (tertiary/aromatic N) is 1. The molecule has 1 aromatic rings. The molecular weight excluding hydrogens is 296 g/mol. The van der Waals surface area contributed by atoms with Crippen molar-refractivity contribution in [2.45, 2.75) is 38.5 Å². The van der Waals surface area contributed by atoms with Crippen LogP contribution in [0.5, 0.6) is 0 Å². The minimum Gasteiger partial charge on any atom is -0.343 e. The Hall–Kier alpha value is -1.06. The first-order chi connectivity index (χ1) is 10.0. The number of halogens is 1. The Labute approximate surface area is 140 Å². The maximum absolute atomic E-state index is 12.6. The molecule has 1 aliphatic rings. The molecule has 0 atom stereocenters. The largest absolute Gasteiger partial charge is 0.343 e. The molecular formula is C18H29ClN2O. The molecule has 4 heteroatoms. The molecule has 0 radical (unpaired) electrons. The third-order valence-electron chi connectivity index (χ3n) is 4.61. The fourth-order valence-corrected chi connectivity index (χ4v) is 3.16. The van der Waals surface area contributed by atoms with Gasteiger partial charge in [0, 0.05) is 19.5 Å². The van der Waals surface area contributed by atoms with Gasteiger partial charge in [-0.15, -0.1) is 12.4 Å². The summed E-state index contributed by atoms with van der Waals surface area (Å²) in [7, 11) is 2.00. The van der Waals surface area contributed by atoms with Crippen LogP contribution in [0.3, 0.4) is 0 Å². The number of hydrogen-bond acceptors (Lipinski definition) is 2. The third kappa shape index (κ3) is 4.99. The normalized spacial score (nSPS) is 16.2. The van der Waals surface area contributed by atoms with Crippen LogP contribution in [-0.2, 0) is 10.2 Å². The van der Waals surface area contributed by atoms with E-state index in [0.29, 0.717) is 12.3 Å². The maximum atomic E-state index is 12.6. The van der Waals surface area contributed by atoms with Crippen LogP contribution in [0.25, 0.3) is 0 Å². The van der Waals surface area contributed by atoms with Gasteiger partial charge in [-0.3, -0.25) is 4.79 Å². The molecule has 0 unspecified atom stereocenters. The van der Waals surface area contributed by atoms with E-state index in [1.54, 1.807) is 0 Å². The number of hydrogen-bond donors (Lipinski definition) is 1. The van der Waals surface area contributed by atoms with Crippen LogP contribution >= 0.6 is 12.4 Å². The van der Waals surface area contributed by atoms with Gasteiger partial charge in [-0.2, -0.15) is 0 Å². The predicted octanol–water partition coefficient (Wildman–Crippen LogP) is 3.23. The average molecular weight is 325 g/mol. The zero-order chi connectivity index (χ0) is 15.3. The van der Waals surface area contributed by atoms with Gasteiger partial charge in [-0.25, -0.2) is 0 Å². The van der Waals surface area contributed by atoms with Crippen LogP contribution in [0, 0.1) is 5.92 Å². The molecule has 0 aliphatic carbocycles. The van der Waals surface area contributed by atoms with Crippen LogP contribution < -0.4 is 5.32 Å². The summed E-state index contributed by atoms with van der Waals surface area (Å²) in [5.41, 5.74) is 1.14. The maximum Gasteiger partial charge on any atom is 0.223 e. The van der Waals surface area contributed by atoms with E-state index in [0.717, 1.165) is 38.4 Å². The van der Waals surface area contributed by atoms with Gasteiger partial charge >= 0.3 is 0 Å². The van der Waals surface area contributed by atoms with Gasteiger partial charge in [0.15, 0.2) is 0 Å². The lowest BCUT2D eigenvalue weighted by Crippen LogP contribution is -2.42. The molecule has 124 valence electrons. The number of rotatable bonds is 5. The zero-order valence-electron chi connectivity index (χ0n) is 14.0. The molecule has 0 spiro atoms. The number of piperidine rings is 1. The van der Waals surface area contributed by atoms with Crippen molar-refractivity contribution in [3.8, 4) is 0 Å². The van der Waals surface area contributed by atoms with Crippen molar-refractivity contribution >= 4 is 18.3 Å². The minimum atomic E-state index is -0.0971. The first kappa shape index (κ1) is 19.0. The number of likely N-dealkylation sites (tertiary alicyclic amines) is 1. The summed E-state index contributed by atoms with van der Waals surface area (Å²) in [4.78, 5) is 14.6. The van der Waals surface area contributed by atoms with E-state index in [2.05, 4.69) is 36.2 Å². The summed E-state index contributed by atoms with van der Waals surface area (Å²) in [5, 5.41) is 3.24. The van der Waals surface area contributed by atoms with Crippen LogP contribution in [0.4, 0.5) is 0 Å². The summed E-state index contributed by atoms with van der Waals surface area (Å²) in [6.07, 6.45) is 2.84. The minimum absolute atomic E-state index is 0. The standard InChI is InChI=1S/C18H28N2O.ClH/c1-18(2,16-7-5-4-6-8-16)13-17(21)20-11-9-15(10-12-20)14-19-3;/h4-8,15,19H,9-14H2,1-3H3;1H. The fraction of sp³-hybridized carbons (Fsp3) is 0.611. The van der Waals surface area contributed by atoms with Gasteiger partial charge in [-0.05, 0) is 43.3 Å². The van der Waals surface area contributed by atoms with E-state index < -0.39 is 0 Å². The monoisotopic (exact) mass is 324 g/mol. The Bertz CT molecular complexity index is 453. The van der Waals surface area contributed by atoms with Gasteiger partial charge in [0.1, 0.15) is 0 Å². The zero-order valence-corrected chi connectivity index (χ0v) is 14.8. The SMILES string of the molecule is CNCC1CCN(C(=O)CC(C)(C)c2ccccc2)CC1.Cl. The second-order valence-corrected chi connectivity index (χ2v) is 6.81. The first-order valence-electron chi connectivity index (χ1n) is 8.01. The summed E-state index contributed by atoms with van der Waals surface area (Å²) >= 11 is 0. The molecule has 2 rings (SSSR count). The molecule has 3 nitrogen and oxygen atoms in total. The van der Waals surface area contributed by atoms with Crippen molar-refractivity contribution in [3.05, 3.63) is 35.9 Å². The Kier molecular flexibility index (Phi) is 7.37. The molecule has 1 fully saturated rings. The second-order valence-electron chi connectivity index (χ2n) is 6.81. The summed E-state index contributed by atoms with van der Waals surface area (Å²) in [5.74, 6) is 1.02. The lowest BCUT2D eigenvalue weighted by molar-refractivity contribution is -0.133. The third-order valence-corrected chi connectivity index (χ3v) is 4.61. The Morgan fingerprint density at radius 1 is 1.23 bits per heavy atom. The van der Waals surface area contributed by atoms with E-state index in [-0.39, 0.29) is 17.8 Å². The van der Waals surface area contributed by atoms with E-state index in [9.17, 15) is 4.79 Å². The van der Waals surface area contributed by atoms with Gasteiger partial charge in [-0.1, -0.05) is 44.2 Å². The van der Waals surface area contributed by atoms with Crippen molar-refractivity contribution in [2.24, 2.45) is 5.92 Å². The molecule has 1 N–H and O–H groups in total. The quantitative estimate of drug-likeness (QED) is 0.902. The van der Waals surface area contributed by atoms with Gasteiger partial charge in [0.2, 0.25) is 5.91 Å². The van der Waals surface area contributed by atoms with Crippen molar-refractivity contribution < 1.29 is 4.79 Å². The molecule has 1 saturated heterocycles. The van der Waals surface area contributed by atoms with Crippen molar-refractivity contribution in [2.75, 3.05) is 26.7 Å². The van der Waals surface area contributed by atoms with Crippen LogP contribution in [0.2, 0.25) is 0 Å². The highest BCUT2D eigenvalue weighted by atomic mass is 35.5. The molecule has 1 aliphatic heterocycles. The number of carbonyl (C=O) groups is 1.